The van der Waals surface area contributed by atoms with Gasteiger partial charge >= 0.3 is 0 Å². The molecule has 0 saturated heterocycles. The topological polar surface area (TPSA) is 3.24 Å². The van der Waals surface area contributed by atoms with Gasteiger partial charge in [-0.05, 0) is 142 Å². The molecule has 338 valence electrons. The zero-order valence-corrected chi connectivity index (χ0v) is 39.7. The minimum absolute atomic E-state index is 0.506. The van der Waals surface area contributed by atoms with Crippen LogP contribution in [-0.2, 0) is 5.41 Å². The van der Waals surface area contributed by atoms with Crippen LogP contribution >= 0.6 is 0 Å². The summed E-state index contributed by atoms with van der Waals surface area (Å²) in [6, 6.07) is 109. The molecule has 0 spiro atoms. The maximum atomic E-state index is 2.45. The summed E-state index contributed by atoms with van der Waals surface area (Å²) in [7, 11) is 0. The Bertz CT molecular complexity index is 3810. The fourth-order valence-electron chi connectivity index (χ4n) is 11.7. The van der Waals surface area contributed by atoms with Gasteiger partial charge in [-0.1, -0.05) is 255 Å². The van der Waals surface area contributed by atoms with Gasteiger partial charge in [-0.15, -0.1) is 0 Å². The van der Waals surface area contributed by atoms with E-state index in [9.17, 15) is 0 Å². The molecule has 0 fully saturated rings. The van der Waals surface area contributed by atoms with E-state index in [1.165, 1.54) is 88.7 Å². The lowest BCUT2D eigenvalue weighted by Crippen LogP contribution is -2.28. The number of hydrogen-bond donors (Lipinski definition) is 0. The molecular formula is C71H49N. The number of para-hydroxylation sites is 1. The highest BCUT2D eigenvalue weighted by Gasteiger charge is 2.46. The van der Waals surface area contributed by atoms with Crippen LogP contribution in [0.3, 0.4) is 0 Å². The SMILES string of the molecule is c1ccc(-c2c(-c3ccccc3)c(-c3ccccc3)c3cc(-c4ccc(N(c5ccccc5)c5ccc6c(c5)C(c5ccccc5)(c5ccccc5)c5ccccc5-6)cc4)ccc3c2-c2ccccc2)cc1. The van der Waals surface area contributed by atoms with E-state index in [0.29, 0.717) is 0 Å². The molecule has 0 N–H and O–H groups in total. The van der Waals surface area contributed by atoms with E-state index in [1.807, 2.05) is 0 Å². The summed E-state index contributed by atoms with van der Waals surface area (Å²) in [5, 5.41) is 2.43. The van der Waals surface area contributed by atoms with Crippen molar-refractivity contribution in [3.8, 4) is 66.8 Å². The minimum Gasteiger partial charge on any atom is -0.310 e. The zero-order chi connectivity index (χ0) is 47.8. The molecule has 1 aliphatic rings. The number of fused-ring (bicyclic) bond motifs is 4. The Kier molecular flexibility index (Phi) is 10.8. The largest absolute Gasteiger partial charge is 0.310 e. The third-order valence-corrected chi connectivity index (χ3v) is 14.7. The molecule has 0 aromatic heterocycles. The lowest BCUT2D eigenvalue weighted by atomic mass is 9.67. The summed E-state index contributed by atoms with van der Waals surface area (Å²) in [6.07, 6.45) is 0. The van der Waals surface area contributed by atoms with Crippen molar-refractivity contribution in [1.29, 1.82) is 0 Å². The van der Waals surface area contributed by atoms with Crippen LogP contribution in [0, 0.1) is 0 Å². The first-order valence-corrected chi connectivity index (χ1v) is 24.9. The molecule has 0 saturated carbocycles. The maximum absolute atomic E-state index is 2.45. The first-order chi connectivity index (χ1) is 35.8. The summed E-state index contributed by atoms with van der Waals surface area (Å²) in [4.78, 5) is 2.41. The monoisotopic (exact) mass is 915 g/mol. The lowest BCUT2D eigenvalue weighted by molar-refractivity contribution is 0.768. The van der Waals surface area contributed by atoms with E-state index in [1.54, 1.807) is 0 Å². The fourth-order valence-corrected chi connectivity index (χ4v) is 11.7. The molecule has 0 radical (unpaired) electrons. The van der Waals surface area contributed by atoms with Gasteiger partial charge in [0.05, 0.1) is 5.41 Å². The number of hydrogen-bond acceptors (Lipinski definition) is 1. The minimum atomic E-state index is -0.506. The van der Waals surface area contributed by atoms with Crippen molar-refractivity contribution in [1.82, 2.24) is 0 Å². The fraction of sp³-hybridized carbons (Fsp3) is 0.0141. The second-order valence-corrected chi connectivity index (χ2v) is 18.7. The van der Waals surface area contributed by atoms with Crippen molar-refractivity contribution in [2.24, 2.45) is 0 Å². The highest BCUT2D eigenvalue weighted by Crippen LogP contribution is 2.58. The molecule has 0 atom stereocenters. The van der Waals surface area contributed by atoms with E-state index in [2.05, 4.69) is 302 Å². The molecule has 0 amide bonds. The van der Waals surface area contributed by atoms with E-state index in [-0.39, 0.29) is 0 Å². The Hall–Kier alpha value is -9.30. The van der Waals surface area contributed by atoms with Gasteiger partial charge in [-0.25, -0.2) is 0 Å². The quantitative estimate of drug-likeness (QED) is 0.132. The molecule has 0 heterocycles. The second-order valence-electron chi connectivity index (χ2n) is 18.7. The molecular weight excluding hydrogens is 867 g/mol. The average Bonchev–Trinajstić information content (AvgIpc) is 3.76. The van der Waals surface area contributed by atoms with E-state index >= 15 is 0 Å². The summed E-state index contributed by atoms with van der Waals surface area (Å²) >= 11 is 0. The van der Waals surface area contributed by atoms with Gasteiger partial charge < -0.3 is 4.90 Å². The van der Waals surface area contributed by atoms with Crippen molar-refractivity contribution < 1.29 is 0 Å². The number of rotatable bonds is 10. The van der Waals surface area contributed by atoms with Gasteiger partial charge in [-0.3, -0.25) is 0 Å². The van der Waals surface area contributed by atoms with Gasteiger partial charge in [0.25, 0.3) is 0 Å². The summed E-state index contributed by atoms with van der Waals surface area (Å²) in [5.74, 6) is 0. The molecule has 1 aliphatic carbocycles. The van der Waals surface area contributed by atoms with Crippen LogP contribution in [-0.4, -0.2) is 0 Å². The predicted molar refractivity (Wildman–Crippen MR) is 303 cm³/mol. The van der Waals surface area contributed by atoms with Crippen LogP contribution in [0.2, 0.25) is 0 Å². The highest BCUT2D eigenvalue weighted by atomic mass is 15.1. The Morgan fingerprint density at radius 3 is 1.14 bits per heavy atom. The molecule has 12 aromatic carbocycles. The number of anilines is 3. The van der Waals surface area contributed by atoms with Crippen molar-refractivity contribution in [3.05, 3.63) is 320 Å². The zero-order valence-electron chi connectivity index (χ0n) is 39.7. The Balaban J connectivity index is 0.999. The second kappa shape index (κ2) is 18.2. The number of nitrogens with zero attached hydrogens (tertiary/aromatic N) is 1. The molecule has 13 rings (SSSR count). The van der Waals surface area contributed by atoms with Gasteiger partial charge in [0.1, 0.15) is 0 Å². The molecule has 72 heavy (non-hydrogen) atoms. The van der Waals surface area contributed by atoms with Gasteiger partial charge in [0, 0.05) is 17.1 Å². The van der Waals surface area contributed by atoms with Gasteiger partial charge in [0.2, 0.25) is 0 Å². The molecule has 0 bridgehead atoms. The van der Waals surface area contributed by atoms with Crippen molar-refractivity contribution in [2.45, 2.75) is 5.41 Å². The molecule has 1 nitrogen and oxygen atoms in total. The third kappa shape index (κ3) is 7.17. The Morgan fingerprint density at radius 1 is 0.222 bits per heavy atom. The van der Waals surface area contributed by atoms with Crippen LogP contribution in [0.1, 0.15) is 22.3 Å². The number of benzene rings is 12. The van der Waals surface area contributed by atoms with Crippen LogP contribution in [0.15, 0.2) is 297 Å². The van der Waals surface area contributed by atoms with Gasteiger partial charge in [0.15, 0.2) is 0 Å². The van der Waals surface area contributed by atoms with Crippen molar-refractivity contribution >= 4 is 27.8 Å². The van der Waals surface area contributed by atoms with Crippen LogP contribution in [0.4, 0.5) is 17.1 Å². The van der Waals surface area contributed by atoms with Crippen molar-refractivity contribution in [2.75, 3.05) is 4.90 Å². The summed E-state index contributed by atoms with van der Waals surface area (Å²) < 4.78 is 0. The molecule has 0 aliphatic heterocycles. The van der Waals surface area contributed by atoms with Crippen LogP contribution in [0.5, 0.6) is 0 Å². The third-order valence-electron chi connectivity index (χ3n) is 14.7. The average molecular weight is 916 g/mol. The molecule has 12 aromatic rings. The predicted octanol–water partition coefficient (Wildman–Crippen LogP) is 19.0. The normalized spacial score (nSPS) is 12.3. The smallest absolute Gasteiger partial charge is 0.0714 e. The van der Waals surface area contributed by atoms with Crippen molar-refractivity contribution in [3.63, 3.8) is 0 Å². The van der Waals surface area contributed by atoms with E-state index < -0.39 is 5.41 Å². The Labute approximate surface area is 422 Å². The van der Waals surface area contributed by atoms with E-state index in [0.717, 1.165) is 28.2 Å². The summed E-state index contributed by atoms with van der Waals surface area (Å²) in [5.41, 5.74) is 22.4. The standard InChI is InChI=1S/C71H49N/c1-8-24-51(25-9-1)67-63-46-42-55(48-64(63)68(52-26-10-2-11-27-52)70(54-30-14-4-15-31-54)69(67)53-28-12-3-13-29-53)50-40-43-59(44-41-50)72(58-36-20-7-21-37-58)60-45-47-62-61-38-22-23-39-65(61)71(66(62)49-60,56-32-16-5-17-33-56)57-34-18-6-19-35-57/h1-49H. The van der Waals surface area contributed by atoms with E-state index in [4.69, 9.17) is 0 Å². The van der Waals surface area contributed by atoms with Crippen LogP contribution < -0.4 is 4.90 Å². The first-order valence-electron chi connectivity index (χ1n) is 24.9. The van der Waals surface area contributed by atoms with Crippen LogP contribution in [0.25, 0.3) is 77.5 Å². The molecule has 0 unspecified atom stereocenters. The molecule has 1 heteroatoms. The maximum Gasteiger partial charge on any atom is 0.0714 e. The lowest BCUT2D eigenvalue weighted by Gasteiger charge is -2.35. The Morgan fingerprint density at radius 2 is 0.611 bits per heavy atom. The van der Waals surface area contributed by atoms with Gasteiger partial charge in [-0.2, -0.15) is 0 Å². The summed E-state index contributed by atoms with van der Waals surface area (Å²) in [6.45, 7) is 0. The highest BCUT2D eigenvalue weighted by molar-refractivity contribution is 6.19. The first kappa shape index (κ1) is 42.8.